The van der Waals surface area contributed by atoms with Gasteiger partial charge in [0.25, 0.3) is 0 Å². The summed E-state index contributed by atoms with van der Waals surface area (Å²) in [6, 6.07) is 15.6. The first-order chi connectivity index (χ1) is 15.3. The van der Waals surface area contributed by atoms with Gasteiger partial charge in [-0.1, -0.05) is 37.3 Å². The molecule has 0 aliphatic heterocycles. The summed E-state index contributed by atoms with van der Waals surface area (Å²) in [6.07, 6.45) is -3.62. The van der Waals surface area contributed by atoms with E-state index in [0.29, 0.717) is 33.2 Å². The number of rotatable bonds is 5. The minimum atomic E-state index is -4.46. The van der Waals surface area contributed by atoms with Crippen LogP contribution in [0.3, 0.4) is 0 Å². The van der Waals surface area contributed by atoms with Crippen molar-refractivity contribution in [2.24, 2.45) is 7.05 Å². The van der Waals surface area contributed by atoms with Gasteiger partial charge < -0.3 is 4.57 Å². The van der Waals surface area contributed by atoms with Crippen LogP contribution in [-0.2, 0) is 13.2 Å². The number of hydrogen-bond acceptors (Lipinski definition) is 5. The molecule has 4 aromatic rings. The van der Waals surface area contributed by atoms with Crippen molar-refractivity contribution in [1.29, 1.82) is 0 Å². The second-order valence-electron chi connectivity index (χ2n) is 6.90. The van der Waals surface area contributed by atoms with E-state index in [1.54, 1.807) is 29.8 Å². The smallest absolute Gasteiger partial charge is 0.326 e. The van der Waals surface area contributed by atoms with E-state index in [9.17, 15) is 18.0 Å². The number of imidazole rings is 1. The first kappa shape index (κ1) is 22.4. The van der Waals surface area contributed by atoms with E-state index >= 15 is 0 Å². The number of carbonyl (C=O) groups excluding carboxylic acids is 1. The Hall–Kier alpha value is -2.78. The van der Waals surface area contributed by atoms with Crippen LogP contribution in [0.15, 0.2) is 70.6 Å². The van der Waals surface area contributed by atoms with E-state index < -0.39 is 11.7 Å². The maximum atomic E-state index is 13.2. The zero-order chi connectivity index (χ0) is 22.9. The fourth-order valence-electron chi connectivity index (χ4n) is 3.23. The Morgan fingerprint density at radius 2 is 1.84 bits per heavy atom. The van der Waals surface area contributed by atoms with Gasteiger partial charge in [0.2, 0.25) is 5.12 Å². The van der Waals surface area contributed by atoms with Crippen LogP contribution in [0.5, 0.6) is 0 Å². The molecule has 4 rings (SSSR count). The summed E-state index contributed by atoms with van der Waals surface area (Å²) >= 11 is 2.40. The minimum Gasteiger partial charge on any atom is -0.326 e. The van der Waals surface area contributed by atoms with Crippen LogP contribution < -0.4 is 0 Å². The van der Waals surface area contributed by atoms with Crippen molar-refractivity contribution >= 4 is 39.7 Å². The second kappa shape index (κ2) is 8.99. The lowest BCUT2D eigenvalue weighted by Crippen LogP contribution is -2.07. The summed E-state index contributed by atoms with van der Waals surface area (Å²) in [4.78, 5) is 22.4. The van der Waals surface area contributed by atoms with E-state index in [0.717, 1.165) is 34.4 Å². The molecule has 2 aromatic heterocycles. The molecule has 9 heteroatoms. The average molecular weight is 474 g/mol. The molecular formula is C23H18F3N3OS2. The number of fused-ring (bicyclic) bond motifs is 1. The molecule has 0 fully saturated rings. The number of aromatic nitrogens is 3. The summed E-state index contributed by atoms with van der Waals surface area (Å²) in [5, 5.41) is -0.0767. The van der Waals surface area contributed by atoms with Crippen molar-refractivity contribution in [3.8, 4) is 11.5 Å². The second-order valence-corrected chi connectivity index (χ2v) is 9.25. The van der Waals surface area contributed by atoms with Gasteiger partial charge >= 0.3 is 6.18 Å². The molecule has 0 atom stereocenters. The van der Waals surface area contributed by atoms with Gasteiger partial charge in [-0.25, -0.2) is 4.98 Å². The fraction of sp³-hybridized carbons (Fsp3) is 0.174. The van der Waals surface area contributed by atoms with Crippen LogP contribution in [0.2, 0.25) is 0 Å². The monoisotopic (exact) mass is 473 g/mol. The Morgan fingerprint density at radius 1 is 1.09 bits per heavy atom. The van der Waals surface area contributed by atoms with Crippen LogP contribution in [-0.4, -0.2) is 25.4 Å². The summed E-state index contributed by atoms with van der Waals surface area (Å²) < 4.78 is 41.3. The summed E-state index contributed by atoms with van der Waals surface area (Å²) in [5.41, 5.74) is 1.66. The quantitative estimate of drug-likeness (QED) is 0.302. The van der Waals surface area contributed by atoms with Crippen molar-refractivity contribution in [3.63, 3.8) is 0 Å². The highest BCUT2D eigenvalue weighted by Gasteiger charge is 2.32. The van der Waals surface area contributed by atoms with Crippen molar-refractivity contribution in [3.05, 3.63) is 71.9 Å². The van der Waals surface area contributed by atoms with E-state index in [-0.39, 0.29) is 5.12 Å². The number of hydrogen-bond donors (Lipinski definition) is 0. The van der Waals surface area contributed by atoms with Crippen molar-refractivity contribution < 1.29 is 18.0 Å². The predicted octanol–water partition coefficient (Wildman–Crippen LogP) is 6.70. The molecule has 4 nitrogen and oxygen atoms in total. The first-order valence-corrected chi connectivity index (χ1v) is 11.5. The summed E-state index contributed by atoms with van der Waals surface area (Å²) in [7, 11) is 1.80. The molecule has 32 heavy (non-hydrogen) atoms. The van der Waals surface area contributed by atoms with Crippen LogP contribution in [0.4, 0.5) is 13.2 Å². The van der Waals surface area contributed by atoms with Gasteiger partial charge in [-0.2, -0.15) is 13.2 Å². The van der Waals surface area contributed by atoms with Gasteiger partial charge in [0.1, 0.15) is 5.69 Å². The molecule has 0 saturated carbocycles. The van der Waals surface area contributed by atoms with Gasteiger partial charge in [-0.3, -0.25) is 9.78 Å². The van der Waals surface area contributed by atoms with Gasteiger partial charge in [0.15, 0.2) is 5.82 Å². The standard InChI is InChI=1S/C23H18F3N3OS2/c1-3-31-19-11-15(23(24,25)26)13-27-20(19)21-28-17-12-16(9-10-18(17)29(21)2)32-22(30)14-7-5-4-6-8-14/h4-13H,3H2,1-2H3. The molecule has 2 heterocycles. The van der Waals surface area contributed by atoms with Gasteiger partial charge in [0, 0.05) is 28.6 Å². The molecule has 0 aliphatic rings. The largest absolute Gasteiger partial charge is 0.417 e. The normalized spacial score (nSPS) is 11.8. The first-order valence-electron chi connectivity index (χ1n) is 9.72. The van der Waals surface area contributed by atoms with Crippen molar-refractivity contribution in [2.45, 2.75) is 22.9 Å². The maximum Gasteiger partial charge on any atom is 0.417 e. The molecule has 0 amide bonds. The predicted molar refractivity (Wildman–Crippen MR) is 122 cm³/mol. The third kappa shape index (κ3) is 4.54. The van der Waals surface area contributed by atoms with Crippen LogP contribution in [0, 0.1) is 0 Å². The molecule has 2 aromatic carbocycles. The Kier molecular flexibility index (Phi) is 6.30. The molecule has 0 bridgehead atoms. The highest BCUT2D eigenvalue weighted by molar-refractivity contribution is 8.14. The van der Waals surface area contributed by atoms with E-state index in [1.807, 2.05) is 37.3 Å². The Balaban J connectivity index is 1.72. The maximum absolute atomic E-state index is 13.2. The zero-order valence-electron chi connectivity index (χ0n) is 17.2. The zero-order valence-corrected chi connectivity index (χ0v) is 18.8. The Labute approximate surface area is 191 Å². The number of alkyl halides is 3. The van der Waals surface area contributed by atoms with Crippen LogP contribution >= 0.6 is 23.5 Å². The number of benzene rings is 2. The summed E-state index contributed by atoms with van der Waals surface area (Å²) in [6.45, 7) is 1.87. The highest BCUT2D eigenvalue weighted by Crippen LogP contribution is 2.37. The number of halogens is 3. The van der Waals surface area contributed by atoms with Crippen molar-refractivity contribution in [2.75, 3.05) is 5.75 Å². The third-order valence-electron chi connectivity index (χ3n) is 4.76. The lowest BCUT2D eigenvalue weighted by Gasteiger charge is -2.12. The van der Waals surface area contributed by atoms with Crippen LogP contribution in [0.25, 0.3) is 22.6 Å². The number of thioether (sulfide) groups is 2. The third-order valence-corrected chi connectivity index (χ3v) is 6.59. The number of nitrogens with zero attached hydrogens (tertiary/aromatic N) is 3. The molecule has 0 saturated heterocycles. The Morgan fingerprint density at radius 3 is 2.53 bits per heavy atom. The van der Waals surface area contributed by atoms with Crippen LogP contribution in [0.1, 0.15) is 22.8 Å². The lowest BCUT2D eigenvalue weighted by molar-refractivity contribution is -0.138. The SMILES string of the molecule is CCSc1cc(C(F)(F)F)cnc1-c1nc2cc(SC(=O)c3ccccc3)ccc2n1C. The van der Waals surface area contributed by atoms with Gasteiger partial charge in [-0.05, 0) is 41.8 Å². The van der Waals surface area contributed by atoms with Gasteiger partial charge in [0.05, 0.1) is 16.6 Å². The molecule has 0 spiro atoms. The number of pyridine rings is 1. The Bertz CT molecular complexity index is 1290. The summed E-state index contributed by atoms with van der Waals surface area (Å²) in [5.74, 6) is 1.07. The number of aryl methyl sites for hydroxylation is 1. The van der Waals surface area contributed by atoms with E-state index in [2.05, 4.69) is 9.97 Å². The fourth-order valence-corrected chi connectivity index (χ4v) is 4.80. The van der Waals surface area contributed by atoms with Crippen molar-refractivity contribution in [1.82, 2.24) is 14.5 Å². The number of carbonyl (C=O) groups is 1. The molecule has 0 unspecified atom stereocenters. The molecule has 0 aliphatic carbocycles. The molecular weight excluding hydrogens is 455 g/mol. The topological polar surface area (TPSA) is 47.8 Å². The van der Waals surface area contributed by atoms with E-state index in [1.165, 1.54) is 11.8 Å². The average Bonchev–Trinajstić information content (AvgIpc) is 3.09. The molecule has 0 N–H and O–H groups in total. The molecule has 0 radical (unpaired) electrons. The minimum absolute atomic E-state index is 0.0767. The van der Waals surface area contributed by atoms with Gasteiger partial charge in [-0.15, -0.1) is 11.8 Å². The molecule has 164 valence electrons. The van der Waals surface area contributed by atoms with E-state index in [4.69, 9.17) is 0 Å². The lowest BCUT2D eigenvalue weighted by atomic mass is 10.2. The highest BCUT2D eigenvalue weighted by atomic mass is 32.2.